The average molecular weight is 377 g/mol. The van der Waals surface area contributed by atoms with Crippen molar-refractivity contribution >= 4 is 28.6 Å². The Hall–Kier alpha value is 0.124. The monoisotopic (exact) mass is 376 g/mol. The van der Waals surface area contributed by atoms with Crippen LogP contribution < -0.4 is 0 Å². The van der Waals surface area contributed by atoms with Crippen molar-refractivity contribution in [3.63, 3.8) is 0 Å². The summed E-state index contributed by atoms with van der Waals surface area (Å²) in [7, 11) is 0. The van der Waals surface area contributed by atoms with Gasteiger partial charge in [0, 0.05) is 0 Å². The Balaban J connectivity index is 0.00000220. The third-order valence-corrected chi connectivity index (χ3v) is 10.2. The molecule has 0 amide bonds. The molecule has 22 heavy (non-hydrogen) atoms. The molecular formula is C19H30Cl2Ti. The van der Waals surface area contributed by atoms with Gasteiger partial charge in [0.2, 0.25) is 0 Å². The zero-order valence-electron chi connectivity index (χ0n) is 14.7. The molecule has 2 aliphatic rings. The molecule has 0 aromatic rings. The van der Waals surface area contributed by atoms with E-state index in [2.05, 4.69) is 65.8 Å². The van der Waals surface area contributed by atoms with Gasteiger partial charge in [0.1, 0.15) is 0 Å². The molecule has 3 heteroatoms. The molecule has 2 aliphatic carbocycles. The van der Waals surface area contributed by atoms with Crippen molar-refractivity contribution in [1.29, 1.82) is 0 Å². The Labute approximate surface area is 155 Å². The standard InChI is InChI=1S/2C8H11.C3H6.2ClH.Ti/c2*1-3-8-5-4-7(2)6-8;1-3-2;;;/h2*4-5,7H,3H2,1-2H3;1-2H3;2*1H;. The minimum Gasteiger partial charge on any atom is -0.147 e. The van der Waals surface area contributed by atoms with Crippen molar-refractivity contribution in [2.24, 2.45) is 11.8 Å². The number of halogens is 2. The Morgan fingerprint density at radius 1 is 0.864 bits per heavy atom. The maximum atomic E-state index is 2.42. The van der Waals surface area contributed by atoms with Crippen LogP contribution >= 0.6 is 24.8 Å². The summed E-state index contributed by atoms with van der Waals surface area (Å²) in [6.07, 6.45) is 12.0. The summed E-state index contributed by atoms with van der Waals surface area (Å²) in [5.41, 5.74) is 3.27. The van der Waals surface area contributed by atoms with E-state index in [1.54, 1.807) is 15.0 Å². The van der Waals surface area contributed by atoms with Crippen LogP contribution in [0.15, 0.2) is 43.2 Å². The van der Waals surface area contributed by atoms with Gasteiger partial charge in [-0.15, -0.1) is 24.8 Å². The molecule has 0 saturated carbocycles. The van der Waals surface area contributed by atoms with Gasteiger partial charge in [0.25, 0.3) is 0 Å². The number of rotatable bonds is 4. The van der Waals surface area contributed by atoms with Gasteiger partial charge in [-0.25, -0.2) is 0 Å². The van der Waals surface area contributed by atoms with Gasteiger partial charge >= 0.3 is 131 Å². The van der Waals surface area contributed by atoms with Crippen molar-refractivity contribution in [1.82, 2.24) is 0 Å². The Morgan fingerprint density at radius 3 is 1.50 bits per heavy atom. The molecule has 0 nitrogen and oxygen atoms in total. The van der Waals surface area contributed by atoms with Gasteiger partial charge in [0.05, 0.1) is 0 Å². The molecule has 2 atom stereocenters. The topological polar surface area (TPSA) is 0 Å². The minimum absolute atomic E-state index is 0. The van der Waals surface area contributed by atoms with Crippen molar-refractivity contribution in [2.75, 3.05) is 0 Å². The summed E-state index contributed by atoms with van der Waals surface area (Å²) in [5.74, 6) is 1.32. The van der Waals surface area contributed by atoms with E-state index in [4.69, 9.17) is 0 Å². The first kappa shape index (κ1) is 22.1. The third kappa shape index (κ3) is 4.15. The van der Waals surface area contributed by atoms with Crippen LogP contribution in [0, 0.1) is 11.8 Å². The molecule has 0 saturated heterocycles. The predicted molar refractivity (Wildman–Crippen MR) is 102 cm³/mol. The summed E-state index contributed by atoms with van der Waals surface area (Å²) in [6.45, 7) is 14.2. The first-order valence-electron chi connectivity index (χ1n) is 8.01. The van der Waals surface area contributed by atoms with E-state index in [0.29, 0.717) is 11.8 Å². The summed E-state index contributed by atoms with van der Waals surface area (Å²) in [6, 6.07) is 0. The number of hydrogen-bond donors (Lipinski definition) is 0. The molecule has 124 valence electrons. The van der Waals surface area contributed by atoms with E-state index in [0.717, 1.165) is 0 Å². The normalized spacial score (nSPS) is 22.8. The first-order valence-corrected chi connectivity index (χ1v) is 10.4. The van der Waals surface area contributed by atoms with Crippen molar-refractivity contribution < 1.29 is 17.4 Å². The molecule has 0 radical (unpaired) electrons. The fourth-order valence-electron chi connectivity index (χ4n) is 3.55. The fraction of sp³-hybridized carbons (Fsp3) is 0.526. The van der Waals surface area contributed by atoms with Crippen LogP contribution in [0.1, 0.15) is 54.4 Å². The SMILES string of the molecule is CCC1=[C]([Ti]([C]2=C(CC)C=CC2C)=[C](C)C)C(C)C=C1.Cl.Cl. The molecule has 0 spiro atoms. The fourth-order valence-corrected chi connectivity index (χ4v) is 9.23. The Bertz CT molecular complexity index is 514. The van der Waals surface area contributed by atoms with E-state index in [1.165, 1.54) is 12.8 Å². The zero-order chi connectivity index (χ0) is 14.9. The number of hydrogen-bond acceptors (Lipinski definition) is 0. The third-order valence-electron chi connectivity index (χ3n) is 4.58. The molecule has 0 fully saturated rings. The van der Waals surface area contributed by atoms with Crippen molar-refractivity contribution in [3.8, 4) is 0 Å². The second kappa shape index (κ2) is 9.43. The Morgan fingerprint density at radius 2 is 1.23 bits per heavy atom. The molecule has 0 bridgehead atoms. The summed E-state index contributed by atoms with van der Waals surface area (Å²) >= 11 is -1.46. The predicted octanol–water partition coefficient (Wildman–Crippen LogP) is 6.40. The molecular weight excluding hydrogens is 347 g/mol. The molecule has 0 N–H and O–H groups in total. The van der Waals surface area contributed by atoms with E-state index in [1.807, 2.05) is 7.76 Å². The van der Waals surface area contributed by atoms with Gasteiger partial charge in [0.15, 0.2) is 0 Å². The smallest absolute Gasteiger partial charge is 0.147 e. The van der Waals surface area contributed by atoms with Crippen LogP contribution in [0.5, 0.6) is 0 Å². The van der Waals surface area contributed by atoms with Crippen molar-refractivity contribution in [2.45, 2.75) is 54.4 Å². The average Bonchev–Trinajstić information content (AvgIpc) is 2.95. The van der Waals surface area contributed by atoms with Gasteiger partial charge in [-0.2, -0.15) is 0 Å². The zero-order valence-corrected chi connectivity index (χ0v) is 17.9. The second-order valence-corrected chi connectivity index (χ2v) is 10.7. The van der Waals surface area contributed by atoms with E-state index in [9.17, 15) is 0 Å². The van der Waals surface area contributed by atoms with Crippen LogP contribution in [0.3, 0.4) is 0 Å². The van der Waals surface area contributed by atoms with Crippen LogP contribution in [-0.2, 0) is 17.4 Å². The molecule has 0 aliphatic heterocycles. The number of allylic oxidation sites excluding steroid dienone is 8. The maximum Gasteiger partial charge on any atom is -0.147 e. The van der Waals surface area contributed by atoms with Crippen LogP contribution in [-0.4, -0.2) is 3.81 Å². The van der Waals surface area contributed by atoms with Gasteiger partial charge in [-0.3, -0.25) is 0 Å². The van der Waals surface area contributed by atoms with Crippen LogP contribution in [0.25, 0.3) is 0 Å². The summed E-state index contributed by atoms with van der Waals surface area (Å²) < 4.78 is 5.35. The van der Waals surface area contributed by atoms with E-state index < -0.39 is 17.4 Å². The van der Waals surface area contributed by atoms with Gasteiger partial charge in [-0.05, 0) is 0 Å². The molecule has 0 aromatic heterocycles. The quantitative estimate of drug-likeness (QED) is 0.498. The molecule has 0 heterocycles. The van der Waals surface area contributed by atoms with Crippen molar-refractivity contribution in [3.05, 3.63) is 43.2 Å². The van der Waals surface area contributed by atoms with Crippen LogP contribution in [0.2, 0.25) is 0 Å². The van der Waals surface area contributed by atoms with Crippen LogP contribution in [0.4, 0.5) is 0 Å². The molecule has 2 unspecified atom stereocenters. The Kier molecular flexibility index (Phi) is 9.48. The largest absolute Gasteiger partial charge is 0.147 e. The molecule has 0 aromatic carbocycles. The molecule has 2 rings (SSSR count). The maximum absolute atomic E-state index is 2.42. The minimum atomic E-state index is -1.46. The van der Waals surface area contributed by atoms with Gasteiger partial charge < -0.3 is 0 Å². The van der Waals surface area contributed by atoms with Gasteiger partial charge in [-0.1, -0.05) is 0 Å². The summed E-state index contributed by atoms with van der Waals surface area (Å²) in [4.78, 5) is 0. The van der Waals surface area contributed by atoms with E-state index in [-0.39, 0.29) is 24.8 Å². The van der Waals surface area contributed by atoms with E-state index >= 15 is 0 Å². The first-order chi connectivity index (χ1) is 9.51. The second-order valence-electron chi connectivity index (χ2n) is 6.26. The summed E-state index contributed by atoms with van der Waals surface area (Å²) in [5, 5.41) is 0.